The molecule has 2 aromatic carbocycles. The van der Waals surface area contributed by atoms with Gasteiger partial charge in [-0.15, -0.1) is 0 Å². The van der Waals surface area contributed by atoms with Crippen LogP contribution in [-0.4, -0.2) is 19.1 Å². The molecule has 0 amide bonds. The summed E-state index contributed by atoms with van der Waals surface area (Å²) in [6.45, 7) is 8.74. The van der Waals surface area contributed by atoms with Gasteiger partial charge < -0.3 is 10.6 Å². The summed E-state index contributed by atoms with van der Waals surface area (Å²) in [6, 6.07) is 19.7. The van der Waals surface area contributed by atoms with Gasteiger partial charge in [0.2, 0.25) is 0 Å². The highest BCUT2D eigenvalue weighted by Gasteiger charge is 2.03. The van der Waals surface area contributed by atoms with Crippen LogP contribution in [0.3, 0.4) is 0 Å². The van der Waals surface area contributed by atoms with Gasteiger partial charge in [0.1, 0.15) is 0 Å². The van der Waals surface area contributed by atoms with E-state index >= 15 is 0 Å². The molecule has 2 N–H and O–H groups in total. The van der Waals surface area contributed by atoms with E-state index in [1.165, 1.54) is 23.2 Å². The highest BCUT2D eigenvalue weighted by molar-refractivity contribution is 5.65. The van der Waals surface area contributed by atoms with Crippen molar-refractivity contribution in [1.82, 2.24) is 5.32 Å². The Bertz CT molecular complexity index is 531. The van der Waals surface area contributed by atoms with Crippen LogP contribution in [0.2, 0.25) is 0 Å². The molecule has 0 aliphatic heterocycles. The molecule has 0 saturated carbocycles. The monoisotopic (exact) mass is 296 g/mol. The first-order chi connectivity index (χ1) is 10.6. The van der Waals surface area contributed by atoms with Gasteiger partial charge >= 0.3 is 0 Å². The number of hydrogen-bond donors (Lipinski definition) is 2. The normalized spacial score (nSPS) is 12.4. The first kappa shape index (κ1) is 16.6. The molecule has 2 rings (SSSR count). The first-order valence-electron chi connectivity index (χ1n) is 8.28. The highest BCUT2D eigenvalue weighted by atomic mass is 15.0. The Labute approximate surface area is 135 Å². The lowest BCUT2D eigenvalue weighted by molar-refractivity contribution is 0.448. The molecule has 0 fully saturated rings. The van der Waals surface area contributed by atoms with Crippen molar-refractivity contribution >= 4 is 5.69 Å². The van der Waals surface area contributed by atoms with Crippen molar-refractivity contribution in [3.05, 3.63) is 54.6 Å². The van der Waals surface area contributed by atoms with Crippen LogP contribution in [0, 0.1) is 5.92 Å². The molecule has 2 nitrogen and oxygen atoms in total. The zero-order chi connectivity index (χ0) is 15.8. The van der Waals surface area contributed by atoms with Crippen LogP contribution >= 0.6 is 0 Å². The van der Waals surface area contributed by atoms with Crippen LogP contribution in [0.25, 0.3) is 11.1 Å². The molecule has 0 saturated heterocycles. The SMILES string of the molecule is CC(C)CC(C)NCCNc1ccc(-c2ccccc2)cc1. The smallest absolute Gasteiger partial charge is 0.0341 e. The fourth-order valence-electron chi connectivity index (χ4n) is 2.73. The van der Waals surface area contributed by atoms with Crippen molar-refractivity contribution in [2.24, 2.45) is 5.92 Å². The molecule has 0 aliphatic rings. The van der Waals surface area contributed by atoms with Crippen molar-refractivity contribution < 1.29 is 0 Å². The van der Waals surface area contributed by atoms with Crippen molar-refractivity contribution in [3.63, 3.8) is 0 Å². The quantitative estimate of drug-likeness (QED) is 0.684. The summed E-state index contributed by atoms with van der Waals surface area (Å²) in [7, 11) is 0. The molecule has 1 atom stereocenters. The molecule has 2 heteroatoms. The summed E-state index contributed by atoms with van der Waals surface area (Å²) in [5, 5.41) is 7.03. The van der Waals surface area contributed by atoms with E-state index in [1.807, 2.05) is 6.07 Å². The van der Waals surface area contributed by atoms with Gasteiger partial charge in [0, 0.05) is 24.8 Å². The number of hydrogen-bond acceptors (Lipinski definition) is 2. The molecule has 0 aromatic heterocycles. The Balaban J connectivity index is 1.75. The minimum Gasteiger partial charge on any atom is -0.384 e. The van der Waals surface area contributed by atoms with Gasteiger partial charge in [-0.2, -0.15) is 0 Å². The highest BCUT2D eigenvalue weighted by Crippen LogP contribution is 2.20. The maximum atomic E-state index is 3.56. The number of benzene rings is 2. The molecule has 22 heavy (non-hydrogen) atoms. The van der Waals surface area contributed by atoms with E-state index in [2.05, 4.69) is 79.9 Å². The van der Waals surface area contributed by atoms with Gasteiger partial charge in [0.25, 0.3) is 0 Å². The van der Waals surface area contributed by atoms with E-state index in [-0.39, 0.29) is 0 Å². The predicted molar refractivity (Wildman–Crippen MR) is 97.3 cm³/mol. The average molecular weight is 296 g/mol. The van der Waals surface area contributed by atoms with E-state index in [9.17, 15) is 0 Å². The largest absolute Gasteiger partial charge is 0.384 e. The van der Waals surface area contributed by atoms with Crippen molar-refractivity contribution in [1.29, 1.82) is 0 Å². The Hall–Kier alpha value is -1.80. The fraction of sp³-hybridized carbons (Fsp3) is 0.400. The zero-order valence-electron chi connectivity index (χ0n) is 14.0. The molecular weight excluding hydrogens is 268 g/mol. The van der Waals surface area contributed by atoms with Crippen molar-refractivity contribution in [3.8, 4) is 11.1 Å². The van der Waals surface area contributed by atoms with Crippen molar-refractivity contribution in [2.75, 3.05) is 18.4 Å². The number of nitrogens with one attached hydrogen (secondary N) is 2. The second-order valence-electron chi connectivity index (χ2n) is 6.35. The van der Waals surface area contributed by atoms with E-state index < -0.39 is 0 Å². The topological polar surface area (TPSA) is 24.1 Å². The van der Waals surface area contributed by atoms with Gasteiger partial charge in [-0.1, -0.05) is 56.3 Å². The second-order valence-corrected chi connectivity index (χ2v) is 6.35. The van der Waals surface area contributed by atoms with Crippen LogP contribution in [-0.2, 0) is 0 Å². The van der Waals surface area contributed by atoms with Crippen LogP contribution in [0.5, 0.6) is 0 Å². The zero-order valence-corrected chi connectivity index (χ0v) is 14.0. The molecule has 0 heterocycles. The Morgan fingerprint density at radius 1 is 0.773 bits per heavy atom. The third kappa shape index (κ3) is 5.53. The van der Waals surface area contributed by atoms with Crippen LogP contribution in [0.15, 0.2) is 54.6 Å². The molecule has 0 radical (unpaired) electrons. The summed E-state index contributed by atoms with van der Waals surface area (Å²) in [4.78, 5) is 0. The van der Waals surface area contributed by atoms with Gasteiger partial charge in [-0.05, 0) is 42.5 Å². The maximum absolute atomic E-state index is 3.56. The van der Waals surface area contributed by atoms with E-state index in [4.69, 9.17) is 0 Å². The third-order valence-corrected chi connectivity index (χ3v) is 3.76. The summed E-state index contributed by atoms with van der Waals surface area (Å²) in [6.07, 6.45) is 1.23. The summed E-state index contributed by atoms with van der Waals surface area (Å²) in [5.41, 5.74) is 3.70. The van der Waals surface area contributed by atoms with Crippen LogP contribution in [0.4, 0.5) is 5.69 Å². The number of anilines is 1. The Morgan fingerprint density at radius 3 is 2.05 bits per heavy atom. The van der Waals surface area contributed by atoms with Gasteiger partial charge in [-0.25, -0.2) is 0 Å². The maximum Gasteiger partial charge on any atom is 0.0341 e. The molecular formula is C20H28N2. The molecule has 1 unspecified atom stereocenters. The van der Waals surface area contributed by atoms with Crippen LogP contribution in [0.1, 0.15) is 27.2 Å². The van der Waals surface area contributed by atoms with Gasteiger partial charge in [-0.3, -0.25) is 0 Å². The third-order valence-electron chi connectivity index (χ3n) is 3.76. The predicted octanol–water partition coefficient (Wildman–Crippen LogP) is 4.79. The van der Waals surface area contributed by atoms with Gasteiger partial charge in [0.15, 0.2) is 0 Å². The number of rotatable bonds is 8. The lowest BCUT2D eigenvalue weighted by atomic mass is 10.1. The lowest BCUT2D eigenvalue weighted by Gasteiger charge is -2.16. The minimum absolute atomic E-state index is 0.585. The Kier molecular flexibility index (Phi) is 6.47. The summed E-state index contributed by atoms with van der Waals surface area (Å²) < 4.78 is 0. The first-order valence-corrected chi connectivity index (χ1v) is 8.28. The average Bonchev–Trinajstić information content (AvgIpc) is 2.52. The molecule has 2 aromatic rings. The molecule has 0 aliphatic carbocycles. The molecule has 118 valence electrons. The van der Waals surface area contributed by atoms with Gasteiger partial charge in [0.05, 0.1) is 0 Å². The van der Waals surface area contributed by atoms with E-state index in [0.29, 0.717) is 6.04 Å². The minimum atomic E-state index is 0.585. The standard InChI is InChI=1S/C20H28N2/c1-16(2)15-17(3)21-13-14-22-20-11-9-19(10-12-20)18-7-5-4-6-8-18/h4-12,16-17,21-22H,13-15H2,1-3H3. The van der Waals surface area contributed by atoms with E-state index in [1.54, 1.807) is 0 Å². The second kappa shape index (κ2) is 8.60. The fourth-order valence-corrected chi connectivity index (χ4v) is 2.73. The van der Waals surface area contributed by atoms with E-state index in [0.717, 1.165) is 19.0 Å². The molecule has 0 bridgehead atoms. The summed E-state index contributed by atoms with van der Waals surface area (Å²) in [5.74, 6) is 0.751. The van der Waals surface area contributed by atoms with Crippen molar-refractivity contribution in [2.45, 2.75) is 33.2 Å². The molecule has 0 spiro atoms. The lowest BCUT2D eigenvalue weighted by Crippen LogP contribution is -2.31. The van der Waals surface area contributed by atoms with Crippen LogP contribution < -0.4 is 10.6 Å². The Morgan fingerprint density at radius 2 is 1.41 bits per heavy atom. The summed E-state index contributed by atoms with van der Waals surface area (Å²) >= 11 is 0.